The smallest absolute Gasteiger partial charge is 0.251 e. The predicted octanol–water partition coefficient (Wildman–Crippen LogP) is 3.94. The van der Waals surface area contributed by atoms with Crippen LogP contribution in [0, 0.1) is 16.7 Å². The number of nitrogens with zero attached hydrogens (tertiary/aromatic N) is 4. The van der Waals surface area contributed by atoms with E-state index in [4.69, 9.17) is 9.72 Å². The molecule has 3 saturated heterocycles. The average Bonchev–Trinajstić information content (AvgIpc) is 3.69. The first-order valence-electron chi connectivity index (χ1n) is 15.1. The molecule has 42 heavy (non-hydrogen) atoms. The van der Waals surface area contributed by atoms with Crippen molar-refractivity contribution < 1.29 is 19.1 Å². The van der Waals surface area contributed by atoms with Crippen LogP contribution in [0.5, 0.6) is 0 Å². The normalized spacial score (nSPS) is 24.2. The third-order valence-corrected chi connectivity index (χ3v) is 10.4. The van der Waals surface area contributed by atoms with Crippen molar-refractivity contribution in [2.24, 2.45) is 16.7 Å². The molecule has 4 heterocycles. The number of carbonyl (C=O) groups is 3. The van der Waals surface area contributed by atoms with Gasteiger partial charge in [-0.15, -0.1) is 11.3 Å². The number of aromatic nitrogens is 1. The van der Waals surface area contributed by atoms with Crippen LogP contribution in [-0.4, -0.2) is 96.9 Å². The van der Waals surface area contributed by atoms with Gasteiger partial charge in [0.15, 0.2) is 10.9 Å². The van der Waals surface area contributed by atoms with Crippen LogP contribution in [0.15, 0.2) is 29.6 Å². The van der Waals surface area contributed by atoms with Crippen LogP contribution in [0.3, 0.4) is 0 Å². The summed E-state index contributed by atoms with van der Waals surface area (Å²) in [6.07, 6.45) is 0.370. The number of thiazole rings is 1. The number of ether oxygens (including phenoxy) is 1. The molecule has 1 N–H and O–H groups in total. The minimum atomic E-state index is -0.785. The number of fused-ring (bicyclic) bond motifs is 1. The molecule has 3 fully saturated rings. The van der Waals surface area contributed by atoms with E-state index in [0.717, 1.165) is 42.6 Å². The van der Waals surface area contributed by atoms with Crippen LogP contribution in [0.25, 0.3) is 11.3 Å². The minimum Gasteiger partial charge on any atom is -0.367 e. The number of hydrogen-bond acceptors (Lipinski definition) is 8. The highest BCUT2D eigenvalue weighted by Crippen LogP contribution is 2.42. The molecular weight excluding hydrogens is 550 g/mol. The topological polar surface area (TPSA) is 95.1 Å². The Morgan fingerprint density at radius 1 is 1.10 bits per heavy atom. The number of nitrogens with one attached hydrogen (secondary N) is 1. The number of rotatable bonds is 7. The number of benzene rings is 1. The van der Waals surface area contributed by atoms with E-state index in [1.54, 1.807) is 28.4 Å². The van der Waals surface area contributed by atoms with E-state index in [9.17, 15) is 14.4 Å². The molecule has 1 aromatic heterocycles. The Labute approximate surface area is 253 Å². The van der Waals surface area contributed by atoms with E-state index in [1.165, 1.54) is 0 Å². The van der Waals surface area contributed by atoms with Gasteiger partial charge in [-0.2, -0.15) is 0 Å². The first-order valence-corrected chi connectivity index (χ1v) is 15.9. The molecule has 10 heteroatoms. The van der Waals surface area contributed by atoms with Gasteiger partial charge in [0.05, 0.1) is 11.8 Å². The average molecular weight is 596 g/mol. The van der Waals surface area contributed by atoms with Gasteiger partial charge in [-0.3, -0.25) is 14.4 Å². The third kappa shape index (κ3) is 5.98. The van der Waals surface area contributed by atoms with Crippen LogP contribution in [0.1, 0.15) is 58.3 Å². The van der Waals surface area contributed by atoms with Crippen LogP contribution < -0.4 is 10.2 Å². The van der Waals surface area contributed by atoms with Gasteiger partial charge in [0.2, 0.25) is 5.91 Å². The monoisotopic (exact) mass is 595 g/mol. The van der Waals surface area contributed by atoms with Crippen molar-refractivity contribution in [1.82, 2.24) is 20.1 Å². The summed E-state index contributed by atoms with van der Waals surface area (Å²) in [6, 6.07) is 6.01. The van der Waals surface area contributed by atoms with Crippen LogP contribution in [0.4, 0.5) is 5.13 Å². The summed E-state index contributed by atoms with van der Waals surface area (Å²) in [4.78, 5) is 51.7. The molecule has 0 bridgehead atoms. The second-order valence-electron chi connectivity index (χ2n) is 13.8. The largest absolute Gasteiger partial charge is 0.367 e. The molecule has 9 nitrogen and oxygen atoms in total. The highest BCUT2D eigenvalue weighted by atomic mass is 32.1. The molecule has 4 atom stereocenters. The number of likely N-dealkylation sites (N-methyl/N-ethyl adjacent to an activating group) is 1. The zero-order valence-corrected chi connectivity index (χ0v) is 26.8. The molecule has 228 valence electrons. The summed E-state index contributed by atoms with van der Waals surface area (Å²) in [5.41, 5.74) is 1.66. The molecule has 2 aromatic rings. The van der Waals surface area contributed by atoms with Crippen LogP contribution in [-0.2, 0) is 14.3 Å². The predicted molar refractivity (Wildman–Crippen MR) is 166 cm³/mol. The molecule has 0 saturated carbocycles. The van der Waals surface area contributed by atoms with Gasteiger partial charge >= 0.3 is 0 Å². The lowest BCUT2D eigenvalue weighted by molar-refractivity contribution is -0.140. The van der Waals surface area contributed by atoms with E-state index in [-0.39, 0.29) is 41.6 Å². The highest BCUT2D eigenvalue weighted by molar-refractivity contribution is 7.14. The highest BCUT2D eigenvalue weighted by Gasteiger charge is 2.56. The molecule has 0 aliphatic carbocycles. The summed E-state index contributed by atoms with van der Waals surface area (Å²) < 4.78 is 5.90. The maximum atomic E-state index is 14.2. The van der Waals surface area contributed by atoms with E-state index >= 15 is 0 Å². The van der Waals surface area contributed by atoms with Crippen LogP contribution >= 0.6 is 11.3 Å². The SMILES string of the molecule is CCC(C)(C)[C@H](NC(=O)c1ccc(-c2csc(N3CCN(C)CC3)n2)cc1)C(=O)N1C[C@@H](C(C)(C)C)[C@H]2OCC(=O)[C@H]21. The molecular formula is C32H45N5O4S. The molecule has 3 aliphatic heterocycles. The number of carbonyl (C=O) groups excluding carboxylic acids is 3. The fourth-order valence-electron chi connectivity index (χ4n) is 6.16. The van der Waals surface area contributed by atoms with Crippen molar-refractivity contribution in [3.8, 4) is 11.3 Å². The molecule has 2 amide bonds. The van der Waals surface area contributed by atoms with Crippen molar-refractivity contribution in [1.29, 1.82) is 0 Å². The number of piperazine rings is 1. The van der Waals surface area contributed by atoms with Crippen molar-refractivity contribution in [3.05, 3.63) is 35.2 Å². The quantitative estimate of drug-likeness (QED) is 0.518. The zero-order chi connectivity index (χ0) is 30.4. The fraction of sp³-hybridized carbons (Fsp3) is 0.625. The van der Waals surface area contributed by atoms with Crippen molar-refractivity contribution >= 4 is 34.1 Å². The van der Waals surface area contributed by atoms with Crippen molar-refractivity contribution in [3.63, 3.8) is 0 Å². The van der Waals surface area contributed by atoms with E-state index in [1.807, 2.05) is 32.9 Å². The van der Waals surface area contributed by atoms with Gasteiger partial charge < -0.3 is 24.8 Å². The Morgan fingerprint density at radius 2 is 1.76 bits per heavy atom. The van der Waals surface area contributed by atoms with E-state index in [0.29, 0.717) is 18.5 Å². The van der Waals surface area contributed by atoms with Gasteiger partial charge in [-0.1, -0.05) is 53.7 Å². The summed E-state index contributed by atoms with van der Waals surface area (Å²) >= 11 is 1.64. The Kier molecular flexibility index (Phi) is 8.53. The Balaban J connectivity index is 1.31. The van der Waals surface area contributed by atoms with Gasteiger partial charge in [0.1, 0.15) is 18.7 Å². The summed E-state index contributed by atoms with van der Waals surface area (Å²) in [5.74, 6) is -0.553. The lowest BCUT2D eigenvalue weighted by atomic mass is 9.78. The number of amides is 2. The van der Waals surface area contributed by atoms with Gasteiger partial charge in [-0.25, -0.2) is 4.98 Å². The lowest BCUT2D eigenvalue weighted by Gasteiger charge is -2.37. The fourth-order valence-corrected chi connectivity index (χ4v) is 7.05. The maximum Gasteiger partial charge on any atom is 0.251 e. The number of anilines is 1. The molecule has 0 spiro atoms. The van der Waals surface area contributed by atoms with Gasteiger partial charge in [0, 0.05) is 55.1 Å². The number of ketones is 1. The molecule has 5 rings (SSSR count). The summed E-state index contributed by atoms with van der Waals surface area (Å²) in [7, 11) is 2.14. The maximum absolute atomic E-state index is 14.2. The Morgan fingerprint density at radius 3 is 2.38 bits per heavy atom. The molecule has 0 unspecified atom stereocenters. The molecule has 0 radical (unpaired) electrons. The van der Waals surface area contributed by atoms with Gasteiger partial charge in [-0.05, 0) is 36.4 Å². The third-order valence-electron chi connectivity index (χ3n) is 9.50. The summed E-state index contributed by atoms with van der Waals surface area (Å²) in [6.45, 7) is 16.8. The number of likely N-dealkylation sites (tertiary alicyclic amines) is 1. The van der Waals surface area contributed by atoms with Crippen LogP contribution in [0.2, 0.25) is 0 Å². The Hall–Kier alpha value is -2.82. The van der Waals surface area contributed by atoms with Crippen molar-refractivity contribution in [2.45, 2.75) is 66.2 Å². The van der Waals surface area contributed by atoms with Gasteiger partial charge in [0.25, 0.3) is 5.91 Å². The molecule has 3 aliphatic rings. The lowest BCUT2D eigenvalue weighted by Crippen LogP contribution is -2.57. The van der Waals surface area contributed by atoms with E-state index in [2.05, 4.69) is 48.3 Å². The minimum absolute atomic E-state index is 0.0299. The van der Waals surface area contributed by atoms with E-state index < -0.39 is 17.5 Å². The second kappa shape index (κ2) is 11.7. The first kappa shape index (κ1) is 30.6. The zero-order valence-electron chi connectivity index (χ0n) is 26.0. The first-order chi connectivity index (χ1) is 19.8. The van der Waals surface area contributed by atoms with Crippen molar-refractivity contribution in [2.75, 3.05) is 51.3 Å². The number of Topliss-reactive ketones (excluding diaryl/α,β-unsaturated/α-hetero) is 1. The Bertz CT molecular complexity index is 1310. The molecule has 1 aromatic carbocycles. The number of hydrogen-bond donors (Lipinski definition) is 1. The standard InChI is InChI=1S/C32H45N5O4S/c1-8-32(5,6)27(29(40)37-17-22(31(2,3)4)26-25(37)24(38)18-41-26)34-28(39)21-11-9-20(10-12-21)23-19-42-30(33-23)36-15-13-35(7)14-16-36/h9-12,19,22,25-27H,8,13-18H2,1-7H3,(H,34,39)/t22-,25-,26-,27-/m1/s1. The summed E-state index contributed by atoms with van der Waals surface area (Å²) in [5, 5.41) is 6.13. The second-order valence-corrected chi connectivity index (χ2v) is 14.6.